The predicted octanol–water partition coefficient (Wildman–Crippen LogP) is 4.14. The van der Waals surface area contributed by atoms with Gasteiger partial charge in [-0.25, -0.2) is 4.99 Å². The number of hydrogen-bond acceptors (Lipinski definition) is 4. The zero-order chi connectivity index (χ0) is 17.4. The Morgan fingerprint density at radius 3 is 2.58 bits per heavy atom. The van der Waals surface area contributed by atoms with Crippen LogP contribution >= 0.6 is 28.7 Å². The zero-order valence-electron chi connectivity index (χ0n) is 13.6. The lowest BCUT2D eigenvalue weighted by Crippen LogP contribution is -2.22. The maximum Gasteiger partial charge on any atom is 0.305 e. The van der Waals surface area contributed by atoms with Crippen molar-refractivity contribution < 1.29 is 14.7 Å². The van der Waals surface area contributed by atoms with Gasteiger partial charge in [0.2, 0.25) is 0 Å². The summed E-state index contributed by atoms with van der Waals surface area (Å²) < 4.78 is 0. The van der Waals surface area contributed by atoms with E-state index in [0.717, 1.165) is 21.2 Å². The average Bonchev–Trinajstić information content (AvgIpc) is 3.11. The Morgan fingerprint density at radius 1 is 1.12 bits per heavy atom. The zero-order valence-corrected chi connectivity index (χ0v) is 16.1. The molecule has 0 saturated carbocycles. The van der Waals surface area contributed by atoms with Crippen LogP contribution in [-0.2, 0) is 4.79 Å². The molecular formula is C19H15BrN2O3S. The highest BCUT2D eigenvalue weighted by molar-refractivity contribution is 8.93. The van der Waals surface area contributed by atoms with Crippen molar-refractivity contribution in [3.8, 4) is 0 Å². The highest BCUT2D eigenvalue weighted by Gasteiger charge is 2.28. The van der Waals surface area contributed by atoms with Crippen molar-refractivity contribution in [1.29, 1.82) is 0 Å². The summed E-state index contributed by atoms with van der Waals surface area (Å²) in [6.45, 7) is 0.369. The normalized spacial score (nSPS) is 16.2. The van der Waals surface area contributed by atoms with Crippen LogP contribution in [0.15, 0.2) is 69.5 Å². The fourth-order valence-corrected chi connectivity index (χ4v) is 4.07. The lowest BCUT2D eigenvalue weighted by molar-refractivity contribution is -0.136. The SMILES string of the molecule is Br.O=C(O)CCN1C(=CC2=NC(=O)c3ccccc32)Sc2ccccc21. The second-order valence-electron chi connectivity index (χ2n) is 5.70. The van der Waals surface area contributed by atoms with E-state index in [0.29, 0.717) is 17.8 Å². The number of carbonyl (C=O) groups is 2. The topological polar surface area (TPSA) is 70.0 Å². The molecule has 0 fully saturated rings. The number of halogens is 1. The average molecular weight is 431 g/mol. The van der Waals surface area contributed by atoms with E-state index in [9.17, 15) is 9.59 Å². The van der Waals surface area contributed by atoms with E-state index in [4.69, 9.17) is 5.11 Å². The van der Waals surface area contributed by atoms with E-state index >= 15 is 0 Å². The van der Waals surface area contributed by atoms with Crippen LogP contribution in [-0.4, -0.2) is 29.2 Å². The summed E-state index contributed by atoms with van der Waals surface area (Å²) in [6, 6.07) is 15.2. The van der Waals surface area contributed by atoms with Gasteiger partial charge in [-0.05, 0) is 24.3 Å². The summed E-state index contributed by atoms with van der Waals surface area (Å²) in [5.74, 6) is -1.08. The molecule has 0 saturated heterocycles. The number of para-hydroxylation sites is 1. The minimum atomic E-state index is -0.840. The van der Waals surface area contributed by atoms with Crippen molar-refractivity contribution >= 4 is 52.0 Å². The number of benzene rings is 2. The molecule has 2 aliphatic heterocycles. The molecule has 0 aromatic heterocycles. The fraction of sp³-hybridized carbons (Fsp3) is 0.105. The number of carboxylic acids is 1. The quantitative estimate of drug-likeness (QED) is 0.788. The maximum atomic E-state index is 12.0. The van der Waals surface area contributed by atoms with Gasteiger partial charge in [0.15, 0.2) is 0 Å². The van der Waals surface area contributed by atoms with Crippen molar-refractivity contribution in [3.63, 3.8) is 0 Å². The molecule has 0 spiro atoms. The molecule has 132 valence electrons. The Hall–Kier alpha value is -2.38. The van der Waals surface area contributed by atoms with Gasteiger partial charge in [-0.1, -0.05) is 42.1 Å². The van der Waals surface area contributed by atoms with Crippen molar-refractivity contribution in [3.05, 3.63) is 70.8 Å². The monoisotopic (exact) mass is 430 g/mol. The van der Waals surface area contributed by atoms with Gasteiger partial charge in [-0.3, -0.25) is 9.59 Å². The van der Waals surface area contributed by atoms with Gasteiger partial charge in [0.25, 0.3) is 5.91 Å². The number of amides is 1. The Bertz CT molecular complexity index is 955. The molecule has 2 aromatic rings. The van der Waals surface area contributed by atoms with Crippen molar-refractivity contribution in [2.45, 2.75) is 11.3 Å². The van der Waals surface area contributed by atoms with Gasteiger partial charge in [0, 0.05) is 17.0 Å². The first-order valence-corrected chi connectivity index (χ1v) is 8.65. The van der Waals surface area contributed by atoms with Crippen LogP contribution in [0.25, 0.3) is 0 Å². The van der Waals surface area contributed by atoms with Crippen LogP contribution in [0.2, 0.25) is 0 Å². The third-order valence-electron chi connectivity index (χ3n) is 4.10. The van der Waals surface area contributed by atoms with Gasteiger partial charge >= 0.3 is 5.97 Å². The molecule has 2 aliphatic rings. The molecule has 0 unspecified atom stereocenters. The lowest BCUT2D eigenvalue weighted by Gasteiger charge is -2.19. The van der Waals surface area contributed by atoms with Crippen LogP contribution in [0.3, 0.4) is 0 Å². The number of fused-ring (bicyclic) bond motifs is 2. The van der Waals surface area contributed by atoms with Crippen LogP contribution in [0.4, 0.5) is 5.69 Å². The number of allylic oxidation sites excluding steroid dienone is 1. The first-order valence-electron chi connectivity index (χ1n) is 7.84. The summed E-state index contributed by atoms with van der Waals surface area (Å²) in [7, 11) is 0. The van der Waals surface area contributed by atoms with Gasteiger partial charge in [0.05, 0.1) is 28.4 Å². The number of nitrogens with zero attached hydrogens (tertiary/aromatic N) is 2. The Labute approximate surface area is 165 Å². The van der Waals surface area contributed by atoms with E-state index in [1.807, 2.05) is 53.4 Å². The summed E-state index contributed by atoms with van der Waals surface area (Å²) in [5, 5.41) is 9.92. The number of hydrogen-bond donors (Lipinski definition) is 1. The first-order chi connectivity index (χ1) is 12.1. The molecule has 4 rings (SSSR count). The fourth-order valence-electron chi connectivity index (χ4n) is 2.95. The van der Waals surface area contributed by atoms with Gasteiger partial charge < -0.3 is 10.0 Å². The molecular weight excluding hydrogens is 416 g/mol. The Morgan fingerprint density at radius 2 is 1.81 bits per heavy atom. The van der Waals surface area contributed by atoms with E-state index in [1.165, 1.54) is 0 Å². The largest absolute Gasteiger partial charge is 0.481 e. The summed E-state index contributed by atoms with van der Waals surface area (Å²) >= 11 is 1.56. The molecule has 26 heavy (non-hydrogen) atoms. The predicted molar refractivity (Wildman–Crippen MR) is 108 cm³/mol. The van der Waals surface area contributed by atoms with Crippen LogP contribution in [0.5, 0.6) is 0 Å². The smallest absolute Gasteiger partial charge is 0.305 e. The van der Waals surface area contributed by atoms with Crippen molar-refractivity contribution in [2.75, 3.05) is 11.4 Å². The van der Waals surface area contributed by atoms with E-state index < -0.39 is 5.97 Å². The van der Waals surface area contributed by atoms with Crippen molar-refractivity contribution in [1.82, 2.24) is 0 Å². The molecule has 0 bridgehead atoms. The number of anilines is 1. The standard InChI is InChI=1S/C19H14N2O3S.BrH/c22-18(23)9-10-21-15-7-3-4-8-16(15)25-17(21)11-14-12-5-1-2-6-13(12)19(24)20-14;/h1-8,11H,9-10H2,(H,22,23);1H. The highest BCUT2D eigenvalue weighted by Crippen LogP contribution is 2.46. The van der Waals surface area contributed by atoms with Crippen LogP contribution in [0.1, 0.15) is 22.3 Å². The van der Waals surface area contributed by atoms with E-state index in [1.54, 1.807) is 17.8 Å². The summed E-state index contributed by atoms with van der Waals surface area (Å²) in [5.41, 5.74) is 3.02. The van der Waals surface area contributed by atoms with E-state index in [-0.39, 0.29) is 29.3 Å². The third-order valence-corrected chi connectivity index (χ3v) is 5.21. The minimum absolute atomic E-state index is 0. The van der Waals surface area contributed by atoms with Gasteiger partial charge in [-0.15, -0.1) is 17.0 Å². The van der Waals surface area contributed by atoms with E-state index in [2.05, 4.69) is 4.99 Å². The number of aliphatic carboxylic acids is 1. The minimum Gasteiger partial charge on any atom is -0.481 e. The first kappa shape index (κ1) is 18.4. The molecule has 7 heteroatoms. The molecule has 2 aromatic carbocycles. The van der Waals surface area contributed by atoms with Crippen molar-refractivity contribution in [2.24, 2.45) is 4.99 Å². The lowest BCUT2D eigenvalue weighted by atomic mass is 10.1. The molecule has 2 heterocycles. The summed E-state index contributed by atoms with van der Waals surface area (Å²) in [4.78, 5) is 30.3. The summed E-state index contributed by atoms with van der Waals surface area (Å²) in [6.07, 6.45) is 1.91. The number of carboxylic acid groups (broad SMARTS) is 1. The maximum absolute atomic E-state index is 12.0. The number of aliphatic imine (C=N–C) groups is 1. The third kappa shape index (κ3) is 3.32. The molecule has 0 aliphatic carbocycles. The number of rotatable bonds is 4. The molecule has 1 N–H and O–H groups in total. The Kier molecular flexibility index (Phi) is 5.29. The van der Waals surface area contributed by atoms with Gasteiger partial charge in [0.1, 0.15) is 0 Å². The Balaban J connectivity index is 0.00000196. The number of thioether (sulfide) groups is 1. The molecule has 1 amide bonds. The molecule has 0 radical (unpaired) electrons. The second kappa shape index (κ2) is 7.47. The second-order valence-corrected chi connectivity index (χ2v) is 6.76. The molecule has 5 nitrogen and oxygen atoms in total. The van der Waals surface area contributed by atoms with Crippen LogP contribution < -0.4 is 4.90 Å². The van der Waals surface area contributed by atoms with Gasteiger partial charge in [-0.2, -0.15) is 0 Å². The highest BCUT2D eigenvalue weighted by atomic mass is 79.9. The number of carbonyl (C=O) groups excluding carboxylic acids is 1. The molecule has 0 atom stereocenters. The van der Waals surface area contributed by atoms with Crippen LogP contribution in [0, 0.1) is 0 Å².